The Morgan fingerprint density at radius 2 is 1.80 bits per heavy atom. The van der Waals surface area contributed by atoms with E-state index < -0.39 is 0 Å². The highest BCUT2D eigenvalue weighted by atomic mass is 35.5. The summed E-state index contributed by atoms with van der Waals surface area (Å²) in [5.74, 6) is 0. The number of hydrogen-bond acceptors (Lipinski definition) is 3. The smallest absolute Gasteiger partial charge is 0.108 e. The number of rotatable bonds is 5. The predicted octanol–water partition coefficient (Wildman–Crippen LogP) is 3.74. The van der Waals surface area contributed by atoms with Crippen LogP contribution >= 0.6 is 12.4 Å². The van der Waals surface area contributed by atoms with Crippen molar-refractivity contribution in [2.75, 3.05) is 18.0 Å². The maximum atomic E-state index is 10.2. The van der Waals surface area contributed by atoms with Gasteiger partial charge in [-0.3, -0.25) is 0 Å². The zero-order valence-electron chi connectivity index (χ0n) is 9.14. The van der Waals surface area contributed by atoms with E-state index >= 15 is 0 Å². The van der Waals surface area contributed by atoms with Gasteiger partial charge in [0.1, 0.15) is 5.69 Å². The molecule has 0 N–H and O–H groups in total. The summed E-state index contributed by atoms with van der Waals surface area (Å²) in [5.41, 5.74) is 1.64. The third-order valence-electron chi connectivity index (χ3n) is 2.20. The lowest BCUT2D eigenvalue weighted by Gasteiger charge is -2.22. The molecule has 0 atom stereocenters. The molecule has 0 aliphatic carbocycles. The van der Waals surface area contributed by atoms with Crippen molar-refractivity contribution in [1.82, 2.24) is 0 Å². The Morgan fingerprint density at radius 3 is 2.20 bits per heavy atom. The lowest BCUT2D eigenvalue weighted by Crippen LogP contribution is -2.23. The van der Waals surface area contributed by atoms with Crippen molar-refractivity contribution in [3.05, 3.63) is 29.2 Å². The maximum absolute atomic E-state index is 10.2. The van der Waals surface area contributed by atoms with Gasteiger partial charge in [-0.05, 0) is 42.8 Å². The van der Waals surface area contributed by atoms with Crippen LogP contribution in [0.15, 0.2) is 29.4 Å². The average molecular weight is 229 g/mol. The summed E-state index contributed by atoms with van der Waals surface area (Å²) in [7, 11) is 0. The topological polar surface area (TPSA) is 32.7 Å². The molecule has 1 aromatic rings. The molecule has 0 unspecified atom stereocenters. The molecule has 0 amide bonds. The van der Waals surface area contributed by atoms with Gasteiger partial charge >= 0.3 is 0 Å². The van der Waals surface area contributed by atoms with Crippen LogP contribution in [0.1, 0.15) is 20.3 Å². The summed E-state index contributed by atoms with van der Waals surface area (Å²) in [6, 6.07) is 7.38. The molecule has 0 aliphatic rings. The van der Waals surface area contributed by atoms with Crippen molar-refractivity contribution in [2.24, 2.45) is 5.18 Å². The van der Waals surface area contributed by atoms with E-state index in [1.54, 1.807) is 12.1 Å². The van der Waals surface area contributed by atoms with Gasteiger partial charge in [-0.15, -0.1) is 17.3 Å². The van der Waals surface area contributed by atoms with Crippen molar-refractivity contribution < 1.29 is 0 Å². The molecular weight excluding hydrogens is 212 g/mol. The van der Waals surface area contributed by atoms with Gasteiger partial charge in [0.15, 0.2) is 0 Å². The highest BCUT2D eigenvalue weighted by Gasteiger charge is 2.02. The fourth-order valence-corrected chi connectivity index (χ4v) is 1.46. The minimum Gasteiger partial charge on any atom is -0.372 e. The maximum Gasteiger partial charge on any atom is 0.108 e. The van der Waals surface area contributed by atoms with Gasteiger partial charge < -0.3 is 4.90 Å². The van der Waals surface area contributed by atoms with Crippen LogP contribution in [0.4, 0.5) is 11.4 Å². The third-order valence-corrected chi connectivity index (χ3v) is 2.20. The Bertz CT molecular complexity index is 287. The van der Waals surface area contributed by atoms with Crippen LogP contribution in [-0.2, 0) is 0 Å². The van der Waals surface area contributed by atoms with Gasteiger partial charge in [0.2, 0.25) is 0 Å². The van der Waals surface area contributed by atoms with Crippen molar-refractivity contribution in [2.45, 2.75) is 20.3 Å². The molecule has 0 saturated carbocycles. The van der Waals surface area contributed by atoms with Crippen molar-refractivity contribution in [3.63, 3.8) is 0 Å². The standard InChI is InChI=1S/C11H16N2O.ClH/c1-3-9-13(4-2)11-7-5-10(12-14)6-8-11;/h5-8H,3-4,9H2,1-2H3;1H. The first-order chi connectivity index (χ1) is 6.81. The largest absolute Gasteiger partial charge is 0.372 e. The summed E-state index contributed by atoms with van der Waals surface area (Å²) in [4.78, 5) is 12.5. The van der Waals surface area contributed by atoms with Crippen LogP contribution in [0.3, 0.4) is 0 Å². The van der Waals surface area contributed by atoms with E-state index in [9.17, 15) is 4.91 Å². The molecule has 0 spiro atoms. The average Bonchev–Trinajstić information content (AvgIpc) is 2.26. The minimum absolute atomic E-state index is 0. The summed E-state index contributed by atoms with van der Waals surface area (Å²) >= 11 is 0. The summed E-state index contributed by atoms with van der Waals surface area (Å²) in [6.45, 7) is 6.32. The van der Waals surface area contributed by atoms with E-state index in [0.29, 0.717) is 5.69 Å². The molecule has 0 saturated heterocycles. The zero-order chi connectivity index (χ0) is 10.4. The van der Waals surface area contributed by atoms with Crippen LogP contribution in [0, 0.1) is 4.91 Å². The monoisotopic (exact) mass is 228 g/mol. The minimum atomic E-state index is 0. The van der Waals surface area contributed by atoms with Crippen molar-refractivity contribution in [1.29, 1.82) is 0 Å². The quantitative estimate of drug-likeness (QED) is 0.720. The number of halogens is 1. The van der Waals surface area contributed by atoms with Gasteiger partial charge in [-0.1, -0.05) is 6.92 Å². The molecule has 15 heavy (non-hydrogen) atoms. The number of nitrogens with zero attached hydrogens (tertiary/aromatic N) is 2. The molecule has 0 radical (unpaired) electrons. The van der Waals surface area contributed by atoms with Gasteiger partial charge in [-0.2, -0.15) is 0 Å². The van der Waals surface area contributed by atoms with E-state index in [1.165, 1.54) is 0 Å². The number of benzene rings is 1. The van der Waals surface area contributed by atoms with E-state index in [1.807, 2.05) is 12.1 Å². The van der Waals surface area contributed by atoms with Crippen LogP contribution < -0.4 is 4.90 Å². The predicted molar refractivity (Wildman–Crippen MR) is 67.3 cm³/mol. The molecule has 84 valence electrons. The Morgan fingerprint density at radius 1 is 1.20 bits per heavy atom. The van der Waals surface area contributed by atoms with E-state index in [2.05, 4.69) is 23.9 Å². The van der Waals surface area contributed by atoms with E-state index in [0.717, 1.165) is 25.2 Å². The normalized spacial score (nSPS) is 9.20. The Kier molecular flexibility index (Phi) is 6.71. The number of nitroso groups, excluding NO2 is 1. The highest BCUT2D eigenvalue weighted by Crippen LogP contribution is 2.19. The number of hydrogen-bond donors (Lipinski definition) is 0. The zero-order valence-corrected chi connectivity index (χ0v) is 9.96. The van der Waals surface area contributed by atoms with Gasteiger partial charge in [0.05, 0.1) is 0 Å². The lowest BCUT2D eigenvalue weighted by atomic mass is 10.2. The number of anilines is 1. The van der Waals surface area contributed by atoms with Gasteiger partial charge in [0.25, 0.3) is 0 Å². The Hall–Kier alpha value is -1.09. The highest BCUT2D eigenvalue weighted by molar-refractivity contribution is 5.85. The second-order valence-electron chi connectivity index (χ2n) is 3.19. The SMILES string of the molecule is CCCN(CC)c1ccc(N=O)cc1.Cl. The summed E-state index contributed by atoms with van der Waals surface area (Å²) < 4.78 is 0. The molecular formula is C11H17ClN2O. The van der Waals surface area contributed by atoms with Crippen molar-refractivity contribution >= 4 is 23.8 Å². The molecule has 0 fully saturated rings. The Balaban J connectivity index is 0.00000196. The fourth-order valence-electron chi connectivity index (χ4n) is 1.46. The third kappa shape index (κ3) is 3.88. The summed E-state index contributed by atoms with van der Waals surface area (Å²) in [6.07, 6.45) is 1.13. The summed E-state index contributed by atoms with van der Waals surface area (Å²) in [5, 5.41) is 2.87. The molecule has 4 heteroatoms. The van der Waals surface area contributed by atoms with Crippen LogP contribution in [0.2, 0.25) is 0 Å². The Labute approximate surface area is 96.9 Å². The van der Waals surface area contributed by atoms with Gasteiger partial charge in [0, 0.05) is 18.8 Å². The molecule has 0 aromatic heterocycles. The molecule has 1 rings (SSSR count). The van der Waals surface area contributed by atoms with Crippen LogP contribution in [0.5, 0.6) is 0 Å². The fraction of sp³-hybridized carbons (Fsp3) is 0.455. The van der Waals surface area contributed by atoms with E-state index in [-0.39, 0.29) is 12.4 Å². The molecule has 3 nitrogen and oxygen atoms in total. The lowest BCUT2D eigenvalue weighted by molar-refractivity contribution is 0.792. The molecule has 0 bridgehead atoms. The first kappa shape index (κ1) is 13.9. The first-order valence-corrected chi connectivity index (χ1v) is 5.00. The molecule has 1 aromatic carbocycles. The second-order valence-corrected chi connectivity index (χ2v) is 3.19. The second kappa shape index (κ2) is 7.23. The molecule has 0 aliphatic heterocycles. The first-order valence-electron chi connectivity index (χ1n) is 5.00. The van der Waals surface area contributed by atoms with Crippen LogP contribution in [-0.4, -0.2) is 13.1 Å². The van der Waals surface area contributed by atoms with Crippen molar-refractivity contribution in [3.8, 4) is 0 Å². The van der Waals surface area contributed by atoms with E-state index in [4.69, 9.17) is 0 Å². The van der Waals surface area contributed by atoms with Gasteiger partial charge in [-0.25, -0.2) is 0 Å². The van der Waals surface area contributed by atoms with Crippen LogP contribution in [0.25, 0.3) is 0 Å². The molecule has 0 heterocycles.